The van der Waals surface area contributed by atoms with E-state index in [1.165, 1.54) is 109 Å². The van der Waals surface area contributed by atoms with Crippen LogP contribution in [0.3, 0.4) is 0 Å². The zero-order valence-corrected chi connectivity index (χ0v) is 39.3. The fourth-order valence-corrected chi connectivity index (χ4v) is 7.26. The van der Waals surface area contributed by atoms with Gasteiger partial charge in [0, 0.05) is 6.42 Å². The van der Waals surface area contributed by atoms with Crippen LogP contribution in [0.5, 0.6) is 0 Å². The summed E-state index contributed by atoms with van der Waals surface area (Å²) in [6, 6.07) is -0.719. The summed E-state index contributed by atoms with van der Waals surface area (Å²) in [7, 11) is 0. The fourth-order valence-electron chi connectivity index (χ4n) is 7.26. The van der Waals surface area contributed by atoms with Crippen molar-refractivity contribution in [2.45, 2.75) is 251 Å². The summed E-state index contributed by atoms with van der Waals surface area (Å²) in [5, 5.41) is 23.7. The second-order valence-corrected chi connectivity index (χ2v) is 17.0. The molecule has 0 rings (SSSR count). The number of carbonyl (C=O) groups excluding carboxylic acids is 2. The lowest BCUT2D eigenvalue weighted by Crippen LogP contribution is -2.46. The van der Waals surface area contributed by atoms with Crippen LogP contribution in [0.2, 0.25) is 0 Å². The molecule has 0 aromatic carbocycles. The van der Waals surface area contributed by atoms with Gasteiger partial charge in [-0.1, -0.05) is 216 Å². The third kappa shape index (κ3) is 42.0. The number of amides is 1. The van der Waals surface area contributed by atoms with Gasteiger partial charge in [0.15, 0.2) is 0 Å². The van der Waals surface area contributed by atoms with Crippen LogP contribution in [-0.4, -0.2) is 46.9 Å². The van der Waals surface area contributed by atoms with Crippen LogP contribution in [0.1, 0.15) is 233 Å². The van der Waals surface area contributed by atoms with Crippen LogP contribution < -0.4 is 5.32 Å². The Labute approximate surface area is 371 Å². The standard InChI is InChI=1S/C54H95NO5/c1-4-7-10-13-16-19-22-24-26-28-29-31-33-36-39-42-45-50(60-54(59)47-44-41-38-35-32-30-27-25-23-20-17-14-11-8-5-2)48-53(58)55-51(49-56)52(57)46-43-40-37-34-21-18-15-12-9-6-3/h16-17,19-20,22-26,28-29,31,50-52,56-57H,4-15,18,21,27,30,32-49H2,1-3H3,(H,55,58)/b19-16+,20-17+,24-22+,25-23+,28-26+,31-29+. The maximum Gasteiger partial charge on any atom is 0.306 e. The van der Waals surface area contributed by atoms with Gasteiger partial charge in [-0.15, -0.1) is 0 Å². The molecular weight excluding hydrogens is 743 g/mol. The van der Waals surface area contributed by atoms with E-state index in [4.69, 9.17) is 4.74 Å². The molecule has 0 aromatic rings. The lowest BCUT2D eigenvalue weighted by atomic mass is 10.0. The molecule has 0 saturated heterocycles. The Morgan fingerprint density at radius 3 is 1.35 bits per heavy atom. The second-order valence-electron chi connectivity index (χ2n) is 17.0. The van der Waals surface area contributed by atoms with E-state index in [2.05, 4.69) is 92.9 Å². The number of nitrogens with one attached hydrogen (secondary N) is 1. The topological polar surface area (TPSA) is 95.9 Å². The average Bonchev–Trinajstić information content (AvgIpc) is 3.24. The fraction of sp³-hybridized carbons (Fsp3) is 0.741. The lowest BCUT2D eigenvalue weighted by Gasteiger charge is -2.24. The summed E-state index contributed by atoms with van der Waals surface area (Å²) in [4.78, 5) is 26.1. The van der Waals surface area contributed by atoms with E-state index in [1.54, 1.807) is 0 Å². The molecular formula is C54H95NO5. The normalized spacial score (nSPS) is 13.9. The SMILES string of the molecule is CCCCC/C=C/C=C/C=C/C=C/CCCCCC(CC(=O)NC(CO)C(O)CCCCCCCCCCCC)OC(=O)CCCCCCCC/C=C/C=C/CCCCC. The van der Waals surface area contributed by atoms with Crippen molar-refractivity contribution in [2.75, 3.05) is 6.61 Å². The number of aliphatic hydroxyl groups excluding tert-OH is 2. The molecule has 0 fully saturated rings. The van der Waals surface area contributed by atoms with E-state index in [-0.39, 0.29) is 24.9 Å². The molecule has 60 heavy (non-hydrogen) atoms. The minimum atomic E-state index is -0.802. The largest absolute Gasteiger partial charge is 0.462 e. The molecule has 0 aliphatic rings. The third-order valence-electron chi connectivity index (χ3n) is 11.1. The van der Waals surface area contributed by atoms with Gasteiger partial charge in [-0.05, 0) is 77.0 Å². The highest BCUT2D eigenvalue weighted by molar-refractivity contribution is 5.77. The molecule has 0 bridgehead atoms. The van der Waals surface area contributed by atoms with Crippen LogP contribution in [0.15, 0.2) is 72.9 Å². The zero-order valence-electron chi connectivity index (χ0n) is 39.3. The molecule has 0 aromatic heterocycles. The van der Waals surface area contributed by atoms with Crippen molar-refractivity contribution in [2.24, 2.45) is 0 Å². The maximum atomic E-state index is 13.2. The van der Waals surface area contributed by atoms with Gasteiger partial charge in [0.05, 0.1) is 25.2 Å². The molecule has 0 saturated carbocycles. The quantitative estimate of drug-likeness (QED) is 0.0323. The van der Waals surface area contributed by atoms with Crippen molar-refractivity contribution in [1.82, 2.24) is 5.32 Å². The first-order chi connectivity index (χ1) is 29.5. The molecule has 0 aliphatic heterocycles. The number of aliphatic hydroxyl groups is 2. The van der Waals surface area contributed by atoms with E-state index < -0.39 is 18.2 Å². The number of hydrogen-bond acceptors (Lipinski definition) is 5. The van der Waals surface area contributed by atoms with E-state index >= 15 is 0 Å². The van der Waals surface area contributed by atoms with E-state index in [1.807, 2.05) is 6.08 Å². The number of unbranched alkanes of at least 4 members (excludes halogenated alkanes) is 24. The lowest BCUT2D eigenvalue weighted by molar-refractivity contribution is -0.151. The van der Waals surface area contributed by atoms with Gasteiger partial charge in [-0.25, -0.2) is 0 Å². The third-order valence-corrected chi connectivity index (χ3v) is 11.1. The molecule has 346 valence electrons. The van der Waals surface area contributed by atoms with Crippen LogP contribution in [0, 0.1) is 0 Å². The molecule has 3 unspecified atom stereocenters. The first-order valence-corrected chi connectivity index (χ1v) is 25.2. The Morgan fingerprint density at radius 1 is 0.483 bits per heavy atom. The predicted molar refractivity (Wildman–Crippen MR) is 259 cm³/mol. The number of esters is 1. The molecule has 3 N–H and O–H groups in total. The number of carbonyl (C=O) groups is 2. The highest BCUT2D eigenvalue weighted by atomic mass is 16.5. The first kappa shape index (κ1) is 57.3. The van der Waals surface area contributed by atoms with Crippen LogP contribution in [0.25, 0.3) is 0 Å². The Morgan fingerprint density at radius 2 is 0.850 bits per heavy atom. The number of hydrogen-bond donors (Lipinski definition) is 3. The van der Waals surface area contributed by atoms with Crippen molar-refractivity contribution < 1.29 is 24.5 Å². The van der Waals surface area contributed by atoms with Gasteiger partial charge in [-0.3, -0.25) is 9.59 Å². The van der Waals surface area contributed by atoms with Gasteiger partial charge in [0.2, 0.25) is 5.91 Å². The summed E-state index contributed by atoms with van der Waals surface area (Å²) < 4.78 is 5.91. The van der Waals surface area contributed by atoms with Crippen molar-refractivity contribution in [3.05, 3.63) is 72.9 Å². The maximum absolute atomic E-state index is 13.2. The Balaban J connectivity index is 4.72. The molecule has 0 heterocycles. The predicted octanol–water partition coefficient (Wildman–Crippen LogP) is 15.0. The van der Waals surface area contributed by atoms with Crippen molar-refractivity contribution in [3.63, 3.8) is 0 Å². The minimum Gasteiger partial charge on any atom is -0.462 e. The molecule has 1 amide bonds. The van der Waals surface area contributed by atoms with Crippen molar-refractivity contribution in [3.8, 4) is 0 Å². The van der Waals surface area contributed by atoms with Crippen LogP contribution in [-0.2, 0) is 14.3 Å². The van der Waals surface area contributed by atoms with Crippen LogP contribution >= 0.6 is 0 Å². The number of allylic oxidation sites excluding steroid dienone is 12. The monoisotopic (exact) mass is 838 g/mol. The van der Waals surface area contributed by atoms with Gasteiger partial charge >= 0.3 is 5.97 Å². The molecule has 3 atom stereocenters. The van der Waals surface area contributed by atoms with Gasteiger partial charge in [0.25, 0.3) is 0 Å². The average molecular weight is 838 g/mol. The van der Waals surface area contributed by atoms with E-state index in [0.717, 1.165) is 77.0 Å². The van der Waals surface area contributed by atoms with E-state index in [9.17, 15) is 19.8 Å². The number of rotatable bonds is 44. The van der Waals surface area contributed by atoms with E-state index in [0.29, 0.717) is 19.3 Å². The zero-order chi connectivity index (χ0) is 43.8. The van der Waals surface area contributed by atoms with Gasteiger partial charge in [0.1, 0.15) is 6.10 Å². The minimum absolute atomic E-state index is 0.0441. The summed E-state index contributed by atoms with van der Waals surface area (Å²) in [6.45, 7) is 6.38. The Kier molecular flexibility index (Phi) is 45.2. The summed E-state index contributed by atoms with van der Waals surface area (Å²) >= 11 is 0. The highest BCUT2D eigenvalue weighted by Gasteiger charge is 2.24. The highest BCUT2D eigenvalue weighted by Crippen LogP contribution is 2.17. The number of ether oxygens (including phenoxy) is 1. The van der Waals surface area contributed by atoms with Crippen LogP contribution in [0.4, 0.5) is 0 Å². The summed E-state index contributed by atoms with van der Waals surface area (Å²) in [5.41, 5.74) is 0. The first-order valence-electron chi connectivity index (χ1n) is 25.2. The summed E-state index contributed by atoms with van der Waals surface area (Å²) in [6.07, 6.45) is 59.5. The van der Waals surface area contributed by atoms with Crippen molar-refractivity contribution in [1.29, 1.82) is 0 Å². The van der Waals surface area contributed by atoms with Gasteiger partial charge < -0.3 is 20.3 Å². The molecule has 6 nitrogen and oxygen atoms in total. The Bertz CT molecular complexity index is 1120. The smallest absolute Gasteiger partial charge is 0.306 e. The second kappa shape index (κ2) is 47.4. The summed E-state index contributed by atoms with van der Waals surface area (Å²) in [5.74, 6) is -0.529. The van der Waals surface area contributed by atoms with Crippen molar-refractivity contribution >= 4 is 11.9 Å². The molecule has 0 radical (unpaired) electrons. The molecule has 6 heteroatoms. The molecule has 0 aliphatic carbocycles. The molecule has 0 spiro atoms. The van der Waals surface area contributed by atoms with Gasteiger partial charge in [-0.2, -0.15) is 0 Å². The Hall–Kier alpha value is -2.70.